The van der Waals surface area contributed by atoms with E-state index in [1.54, 1.807) is 0 Å². The van der Waals surface area contributed by atoms with Crippen LogP contribution in [-0.4, -0.2) is 36.2 Å². The molecule has 0 spiro atoms. The summed E-state index contributed by atoms with van der Waals surface area (Å²) < 4.78 is 5.14. The van der Waals surface area contributed by atoms with Crippen LogP contribution in [0.4, 0.5) is 0 Å². The van der Waals surface area contributed by atoms with E-state index in [2.05, 4.69) is 0 Å². The minimum atomic E-state index is -1.13. The third-order valence-electron chi connectivity index (χ3n) is 2.15. The van der Waals surface area contributed by atoms with Gasteiger partial charge in [-0.25, -0.2) is 0 Å². The molecular weight excluding hydrogens is 212 g/mol. The normalized spacial score (nSPS) is 12.7. The fourth-order valence-electron chi connectivity index (χ4n) is 1.18. The summed E-state index contributed by atoms with van der Waals surface area (Å²) in [5.74, 6) is -2.77. The smallest absolute Gasteiger partial charge is 0.230 e. The van der Waals surface area contributed by atoms with Gasteiger partial charge in [0.05, 0.1) is 12.7 Å². The summed E-state index contributed by atoms with van der Waals surface area (Å²) in [6.07, 6.45) is 0.918. The summed E-state index contributed by atoms with van der Waals surface area (Å²) >= 11 is 0. The summed E-state index contributed by atoms with van der Waals surface area (Å²) in [7, 11) is 0. The van der Waals surface area contributed by atoms with E-state index in [-0.39, 0.29) is 13.0 Å². The average molecular weight is 232 g/mol. The minimum absolute atomic E-state index is 0.0804. The molecule has 0 aromatic rings. The molecule has 0 heterocycles. The second kappa shape index (κ2) is 8.06. The number of hydrogen-bond acceptors (Lipinski definition) is 4. The van der Waals surface area contributed by atoms with Crippen molar-refractivity contribution in [1.29, 1.82) is 0 Å². The van der Waals surface area contributed by atoms with Crippen molar-refractivity contribution in [2.24, 2.45) is 17.4 Å². The van der Waals surface area contributed by atoms with E-state index in [0.717, 1.165) is 12.8 Å². The van der Waals surface area contributed by atoms with E-state index in [4.69, 9.17) is 16.2 Å². The van der Waals surface area contributed by atoms with E-state index in [9.17, 15) is 14.7 Å². The van der Waals surface area contributed by atoms with Crippen LogP contribution < -0.4 is 11.5 Å². The summed E-state index contributed by atoms with van der Waals surface area (Å²) in [6, 6.07) is 0. The zero-order chi connectivity index (χ0) is 12.6. The van der Waals surface area contributed by atoms with Gasteiger partial charge in [-0.3, -0.25) is 9.59 Å². The zero-order valence-electron chi connectivity index (χ0n) is 9.52. The Bertz CT molecular complexity index is 219. The van der Waals surface area contributed by atoms with Crippen LogP contribution in [0.3, 0.4) is 0 Å². The Morgan fingerprint density at radius 1 is 1.31 bits per heavy atom. The summed E-state index contributed by atoms with van der Waals surface area (Å²) in [5, 5.41) is 9.48. The fraction of sp³-hybridized carbons (Fsp3) is 0.800. The van der Waals surface area contributed by atoms with Crippen molar-refractivity contribution >= 4 is 11.8 Å². The Morgan fingerprint density at radius 3 is 2.31 bits per heavy atom. The molecular formula is C10H20N2O4. The van der Waals surface area contributed by atoms with E-state index >= 15 is 0 Å². The van der Waals surface area contributed by atoms with Gasteiger partial charge in [0, 0.05) is 6.61 Å². The molecule has 0 radical (unpaired) electrons. The van der Waals surface area contributed by atoms with Crippen molar-refractivity contribution in [3.8, 4) is 0 Å². The molecule has 0 fully saturated rings. The quantitative estimate of drug-likeness (QED) is 0.354. The minimum Gasteiger partial charge on any atom is -0.391 e. The number of aliphatic hydroxyl groups excluding tert-OH is 1. The zero-order valence-corrected chi connectivity index (χ0v) is 9.52. The maximum Gasteiger partial charge on any atom is 0.230 e. The standard InChI is InChI=1S/C10H20N2O4/c1-2-3-4-16-6-7(13)5-8(9(11)14)10(12)15/h7-8,13H,2-6H2,1H3,(H2,11,14)(H2,12,15). The molecule has 0 saturated carbocycles. The molecule has 0 rings (SSSR count). The number of carbonyl (C=O) groups is 2. The number of amides is 2. The predicted molar refractivity (Wildman–Crippen MR) is 58.2 cm³/mol. The van der Waals surface area contributed by atoms with Gasteiger partial charge < -0.3 is 21.3 Å². The number of rotatable bonds is 9. The third kappa shape index (κ3) is 6.36. The molecule has 0 aliphatic heterocycles. The van der Waals surface area contributed by atoms with Crippen LogP contribution >= 0.6 is 0 Å². The molecule has 2 amide bonds. The second-order valence-electron chi connectivity index (χ2n) is 3.68. The maximum absolute atomic E-state index is 10.8. The third-order valence-corrected chi connectivity index (χ3v) is 2.15. The monoisotopic (exact) mass is 232 g/mol. The highest BCUT2D eigenvalue weighted by atomic mass is 16.5. The van der Waals surface area contributed by atoms with Crippen molar-refractivity contribution in [3.63, 3.8) is 0 Å². The predicted octanol–water partition coefficient (Wildman–Crippen LogP) is -0.859. The van der Waals surface area contributed by atoms with E-state index in [0.29, 0.717) is 6.61 Å². The van der Waals surface area contributed by atoms with Gasteiger partial charge in [-0.15, -0.1) is 0 Å². The van der Waals surface area contributed by atoms with Gasteiger partial charge in [0.25, 0.3) is 0 Å². The lowest BCUT2D eigenvalue weighted by Gasteiger charge is -2.15. The van der Waals surface area contributed by atoms with Gasteiger partial charge in [0.2, 0.25) is 11.8 Å². The summed E-state index contributed by atoms with van der Waals surface area (Å²) in [5.41, 5.74) is 9.94. The number of nitrogens with two attached hydrogens (primary N) is 2. The van der Waals surface area contributed by atoms with E-state index < -0.39 is 23.8 Å². The molecule has 0 bridgehead atoms. The number of unbranched alkanes of at least 4 members (excludes halogenated alkanes) is 1. The molecule has 0 aliphatic rings. The van der Waals surface area contributed by atoms with E-state index in [1.165, 1.54) is 0 Å². The first-order valence-electron chi connectivity index (χ1n) is 5.33. The van der Waals surface area contributed by atoms with Crippen molar-refractivity contribution in [1.82, 2.24) is 0 Å². The number of ether oxygens (including phenoxy) is 1. The Kier molecular flexibility index (Phi) is 7.49. The van der Waals surface area contributed by atoms with Crippen LogP contribution in [0.25, 0.3) is 0 Å². The van der Waals surface area contributed by atoms with Gasteiger partial charge in [-0.2, -0.15) is 0 Å². The molecule has 5 N–H and O–H groups in total. The van der Waals surface area contributed by atoms with Crippen LogP contribution in [0, 0.1) is 5.92 Å². The maximum atomic E-state index is 10.8. The number of aliphatic hydroxyl groups is 1. The first kappa shape index (κ1) is 14.9. The Balaban J connectivity index is 3.87. The number of hydrogen-bond donors (Lipinski definition) is 3. The van der Waals surface area contributed by atoms with E-state index in [1.807, 2.05) is 6.92 Å². The van der Waals surface area contributed by atoms with Gasteiger partial charge in [0.15, 0.2) is 0 Å². The topological polar surface area (TPSA) is 116 Å². The highest BCUT2D eigenvalue weighted by Crippen LogP contribution is 2.06. The molecule has 0 aromatic carbocycles. The lowest BCUT2D eigenvalue weighted by atomic mass is 10.0. The Morgan fingerprint density at radius 2 is 1.88 bits per heavy atom. The molecule has 0 aliphatic carbocycles. The first-order valence-corrected chi connectivity index (χ1v) is 5.33. The molecule has 6 heteroatoms. The van der Waals surface area contributed by atoms with Crippen molar-refractivity contribution in [3.05, 3.63) is 0 Å². The highest BCUT2D eigenvalue weighted by Gasteiger charge is 2.24. The first-order chi connectivity index (χ1) is 7.49. The molecule has 1 atom stereocenters. The molecule has 16 heavy (non-hydrogen) atoms. The lowest BCUT2D eigenvalue weighted by Crippen LogP contribution is -2.38. The number of primary amides is 2. The second-order valence-corrected chi connectivity index (χ2v) is 3.68. The number of carbonyl (C=O) groups excluding carboxylic acids is 2. The van der Waals surface area contributed by atoms with Crippen LogP contribution in [0.5, 0.6) is 0 Å². The van der Waals surface area contributed by atoms with Crippen LogP contribution in [0.15, 0.2) is 0 Å². The van der Waals surface area contributed by atoms with Crippen LogP contribution in [-0.2, 0) is 14.3 Å². The Labute approximate surface area is 94.9 Å². The fourth-order valence-corrected chi connectivity index (χ4v) is 1.18. The largest absolute Gasteiger partial charge is 0.391 e. The average Bonchev–Trinajstić information content (AvgIpc) is 2.20. The SMILES string of the molecule is CCCCOCC(O)CC(C(N)=O)C(N)=O. The molecule has 6 nitrogen and oxygen atoms in total. The van der Waals surface area contributed by atoms with Crippen LogP contribution in [0.2, 0.25) is 0 Å². The molecule has 0 aromatic heterocycles. The van der Waals surface area contributed by atoms with Crippen LogP contribution in [0.1, 0.15) is 26.2 Å². The Hall–Kier alpha value is -1.14. The molecule has 0 saturated heterocycles. The van der Waals surface area contributed by atoms with Gasteiger partial charge in [-0.05, 0) is 12.8 Å². The summed E-state index contributed by atoms with van der Waals surface area (Å²) in [4.78, 5) is 21.6. The highest BCUT2D eigenvalue weighted by molar-refractivity contribution is 5.98. The lowest BCUT2D eigenvalue weighted by molar-refractivity contribution is -0.133. The van der Waals surface area contributed by atoms with Crippen molar-refractivity contribution in [2.45, 2.75) is 32.3 Å². The summed E-state index contributed by atoms with van der Waals surface area (Å²) in [6.45, 7) is 2.65. The van der Waals surface area contributed by atoms with Crippen molar-refractivity contribution in [2.75, 3.05) is 13.2 Å². The van der Waals surface area contributed by atoms with Gasteiger partial charge in [-0.1, -0.05) is 13.3 Å². The van der Waals surface area contributed by atoms with Crippen molar-refractivity contribution < 1.29 is 19.4 Å². The molecule has 94 valence electrons. The van der Waals surface area contributed by atoms with Gasteiger partial charge in [0.1, 0.15) is 5.92 Å². The van der Waals surface area contributed by atoms with Gasteiger partial charge >= 0.3 is 0 Å². The molecule has 1 unspecified atom stereocenters.